The molecule has 138 valence electrons. The summed E-state index contributed by atoms with van der Waals surface area (Å²) in [6.45, 7) is 1.07. The van der Waals surface area contributed by atoms with Gasteiger partial charge in [0.15, 0.2) is 0 Å². The van der Waals surface area contributed by atoms with Crippen molar-refractivity contribution in [3.05, 3.63) is 29.8 Å². The molecule has 1 atom stereocenters. The number of carbonyl (C=O) groups excluding carboxylic acids is 1. The first-order valence-corrected chi connectivity index (χ1v) is 9.44. The van der Waals surface area contributed by atoms with Gasteiger partial charge < -0.3 is 14.7 Å². The number of rotatable bonds is 7. The number of ether oxygens (including phenoxy) is 1. The van der Waals surface area contributed by atoms with Gasteiger partial charge in [0.2, 0.25) is 15.9 Å². The summed E-state index contributed by atoms with van der Waals surface area (Å²) in [7, 11) is -2.12. The fourth-order valence-corrected chi connectivity index (χ4v) is 3.36. The number of carboxylic acid groups (broad SMARTS) is 1. The van der Waals surface area contributed by atoms with Crippen LogP contribution < -0.4 is 4.72 Å². The third-order valence-corrected chi connectivity index (χ3v) is 5.45. The lowest BCUT2D eigenvalue weighted by Crippen LogP contribution is -2.46. The topological polar surface area (TPSA) is 113 Å². The fourth-order valence-electron chi connectivity index (χ4n) is 2.63. The van der Waals surface area contributed by atoms with Crippen LogP contribution in [0.3, 0.4) is 0 Å². The van der Waals surface area contributed by atoms with Gasteiger partial charge in [0.25, 0.3) is 0 Å². The van der Waals surface area contributed by atoms with E-state index >= 15 is 0 Å². The molecular formula is C16H22N2O6S. The second-order valence-corrected chi connectivity index (χ2v) is 7.67. The molecule has 1 aromatic rings. The van der Waals surface area contributed by atoms with Gasteiger partial charge in [-0.2, -0.15) is 0 Å². The van der Waals surface area contributed by atoms with Gasteiger partial charge in [0.05, 0.1) is 24.0 Å². The minimum Gasteiger partial charge on any atom is -0.481 e. The maximum Gasteiger partial charge on any atom is 0.306 e. The molecule has 1 aromatic carbocycles. The van der Waals surface area contributed by atoms with Gasteiger partial charge in [0.1, 0.15) is 0 Å². The maximum absolute atomic E-state index is 12.3. The van der Waals surface area contributed by atoms with Crippen LogP contribution in [0.15, 0.2) is 29.2 Å². The van der Waals surface area contributed by atoms with Crippen molar-refractivity contribution in [3.8, 4) is 0 Å². The zero-order valence-electron chi connectivity index (χ0n) is 14.0. The summed E-state index contributed by atoms with van der Waals surface area (Å²) in [6, 6.07) is 6.38. The molecular weight excluding hydrogens is 348 g/mol. The molecule has 1 aliphatic rings. The largest absolute Gasteiger partial charge is 0.481 e. The van der Waals surface area contributed by atoms with Gasteiger partial charge in [-0.15, -0.1) is 0 Å². The van der Waals surface area contributed by atoms with Crippen LogP contribution >= 0.6 is 0 Å². The summed E-state index contributed by atoms with van der Waals surface area (Å²) in [4.78, 5) is 24.8. The Labute approximate surface area is 146 Å². The SMILES string of the molecule is CNS(=O)(=O)c1ccc(CCC(=O)N2CCOC(CC(=O)O)C2)cc1. The molecule has 0 spiro atoms. The van der Waals surface area contributed by atoms with Crippen LogP contribution in [0.25, 0.3) is 0 Å². The lowest BCUT2D eigenvalue weighted by Gasteiger charge is -2.32. The summed E-state index contributed by atoms with van der Waals surface area (Å²) in [5.41, 5.74) is 0.860. The van der Waals surface area contributed by atoms with Crippen LogP contribution in [0, 0.1) is 0 Å². The smallest absolute Gasteiger partial charge is 0.306 e. The molecule has 1 fully saturated rings. The standard InChI is InChI=1S/C16H22N2O6S/c1-17-25(22,23)14-5-2-12(3-6-14)4-7-15(19)18-8-9-24-13(11-18)10-16(20)21/h2-3,5-6,13,17H,4,7-11H2,1H3,(H,20,21). The normalized spacial score (nSPS) is 18.1. The first-order chi connectivity index (χ1) is 11.8. The van der Waals surface area contributed by atoms with Crippen LogP contribution in [-0.4, -0.2) is 63.1 Å². The number of morpholine rings is 1. The van der Waals surface area contributed by atoms with E-state index in [1.807, 2.05) is 0 Å². The predicted octanol–water partition coefficient (Wildman–Crippen LogP) is 0.229. The highest BCUT2D eigenvalue weighted by Crippen LogP contribution is 2.14. The highest BCUT2D eigenvalue weighted by atomic mass is 32.2. The third-order valence-electron chi connectivity index (χ3n) is 4.02. The first kappa shape index (κ1) is 19.4. The Hall–Kier alpha value is -1.97. The summed E-state index contributed by atoms with van der Waals surface area (Å²) in [5, 5.41) is 8.81. The number of hydrogen-bond donors (Lipinski definition) is 2. The van der Waals surface area contributed by atoms with E-state index in [2.05, 4.69) is 4.72 Å². The number of carbonyl (C=O) groups is 2. The summed E-state index contributed by atoms with van der Waals surface area (Å²) in [5.74, 6) is -1.01. The van der Waals surface area contributed by atoms with Crippen molar-refractivity contribution < 1.29 is 27.9 Å². The van der Waals surface area contributed by atoms with Gasteiger partial charge in [0, 0.05) is 19.5 Å². The Morgan fingerprint density at radius 2 is 2.00 bits per heavy atom. The molecule has 1 aliphatic heterocycles. The van der Waals surface area contributed by atoms with E-state index in [0.717, 1.165) is 5.56 Å². The number of hydrogen-bond acceptors (Lipinski definition) is 5. The van der Waals surface area contributed by atoms with Gasteiger partial charge in [-0.25, -0.2) is 13.1 Å². The van der Waals surface area contributed by atoms with Crippen molar-refractivity contribution >= 4 is 21.9 Å². The minimum absolute atomic E-state index is 0.0642. The number of benzene rings is 1. The van der Waals surface area contributed by atoms with Crippen LogP contribution in [-0.2, 0) is 30.8 Å². The van der Waals surface area contributed by atoms with Gasteiger partial charge in [-0.05, 0) is 31.2 Å². The number of aryl methyl sites for hydroxylation is 1. The summed E-state index contributed by atoms with van der Waals surface area (Å²) >= 11 is 0. The van der Waals surface area contributed by atoms with Crippen LogP contribution in [0.5, 0.6) is 0 Å². The Morgan fingerprint density at radius 1 is 1.32 bits per heavy atom. The maximum atomic E-state index is 12.3. The van der Waals surface area contributed by atoms with Crippen molar-refractivity contribution in [3.63, 3.8) is 0 Å². The van der Waals surface area contributed by atoms with Crippen LogP contribution in [0.2, 0.25) is 0 Å². The Morgan fingerprint density at radius 3 is 2.60 bits per heavy atom. The van der Waals surface area contributed by atoms with Crippen molar-refractivity contribution in [2.24, 2.45) is 0 Å². The summed E-state index contributed by atoms with van der Waals surface area (Å²) in [6.07, 6.45) is 0.171. The van der Waals surface area contributed by atoms with Crippen molar-refractivity contribution in [2.75, 3.05) is 26.7 Å². The number of nitrogens with one attached hydrogen (secondary N) is 1. The number of carboxylic acids is 1. The second kappa shape index (κ2) is 8.41. The van der Waals surface area contributed by atoms with Crippen molar-refractivity contribution in [1.29, 1.82) is 0 Å². The molecule has 8 nitrogen and oxygen atoms in total. The molecule has 1 unspecified atom stereocenters. The Balaban J connectivity index is 1.88. The molecule has 2 rings (SSSR count). The molecule has 0 aromatic heterocycles. The van der Waals surface area contributed by atoms with Crippen molar-refractivity contribution in [1.82, 2.24) is 9.62 Å². The van der Waals surface area contributed by atoms with E-state index in [-0.39, 0.29) is 30.2 Å². The second-order valence-electron chi connectivity index (χ2n) is 5.78. The van der Waals surface area contributed by atoms with Crippen LogP contribution in [0.1, 0.15) is 18.4 Å². The summed E-state index contributed by atoms with van der Waals surface area (Å²) < 4.78 is 30.9. The number of nitrogens with zero attached hydrogens (tertiary/aromatic N) is 1. The molecule has 0 aliphatic carbocycles. The molecule has 9 heteroatoms. The molecule has 0 saturated carbocycles. The average molecular weight is 370 g/mol. The molecule has 1 heterocycles. The molecule has 25 heavy (non-hydrogen) atoms. The van der Waals surface area contributed by atoms with Crippen LogP contribution in [0.4, 0.5) is 0 Å². The van der Waals surface area contributed by atoms with E-state index in [1.165, 1.54) is 19.2 Å². The minimum atomic E-state index is -3.47. The van der Waals surface area contributed by atoms with E-state index in [0.29, 0.717) is 19.6 Å². The van der Waals surface area contributed by atoms with E-state index in [9.17, 15) is 18.0 Å². The van der Waals surface area contributed by atoms with E-state index in [1.54, 1.807) is 17.0 Å². The molecule has 0 radical (unpaired) electrons. The van der Waals surface area contributed by atoms with E-state index in [4.69, 9.17) is 9.84 Å². The number of sulfonamides is 1. The zero-order valence-corrected chi connectivity index (χ0v) is 14.8. The highest BCUT2D eigenvalue weighted by molar-refractivity contribution is 7.89. The Kier molecular flexibility index (Phi) is 6.51. The lowest BCUT2D eigenvalue weighted by atomic mass is 10.1. The fraction of sp³-hybridized carbons (Fsp3) is 0.500. The van der Waals surface area contributed by atoms with Crippen molar-refractivity contribution in [2.45, 2.75) is 30.3 Å². The quantitative estimate of drug-likeness (QED) is 0.710. The molecule has 0 bridgehead atoms. The number of aliphatic carboxylic acids is 1. The monoisotopic (exact) mass is 370 g/mol. The predicted molar refractivity (Wildman–Crippen MR) is 89.6 cm³/mol. The molecule has 1 saturated heterocycles. The van der Waals surface area contributed by atoms with Gasteiger partial charge in [-0.3, -0.25) is 9.59 Å². The third kappa shape index (κ3) is 5.52. The number of amides is 1. The Bertz CT molecular complexity index is 717. The molecule has 2 N–H and O–H groups in total. The van der Waals surface area contributed by atoms with E-state index < -0.39 is 22.1 Å². The average Bonchev–Trinajstić information content (AvgIpc) is 2.59. The first-order valence-electron chi connectivity index (χ1n) is 7.95. The zero-order chi connectivity index (χ0) is 18.4. The molecule has 1 amide bonds. The van der Waals surface area contributed by atoms with Gasteiger partial charge >= 0.3 is 5.97 Å². The lowest BCUT2D eigenvalue weighted by molar-refractivity contribution is -0.147. The van der Waals surface area contributed by atoms with Gasteiger partial charge in [-0.1, -0.05) is 12.1 Å². The highest BCUT2D eigenvalue weighted by Gasteiger charge is 2.25.